The van der Waals surface area contributed by atoms with Gasteiger partial charge in [0.05, 0.1) is 11.6 Å². The summed E-state index contributed by atoms with van der Waals surface area (Å²) in [6, 6.07) is 1.00. The second-order valence-corrected chi connectivity index (χ2v) is 2.83. The molecule has 0 saturated heterocycles. The third-order valence-electron chi connectivity index (χ3n) is 1.67. The highest BCUT2D eigenvalue weighted by Crippen LogP contribution is 2.27. The van der Waals surface area contributed by atoms with Crippen LogP contribution in [0.25, 0.3) is 0 Å². The first-order valence-corrected chi connectivity index (χ1v) is 4.13. The predicted molar refractivity (Wildman–Crippen MR) is 45.2 cm³/mol. The normalized spacial score (nSPS) is 10.8. The quantitative estimate of drug-likeness (QED) is 0.757. The number of nitrogens with zero attached hydrogens (tertiary/aromatic N) is 1. The summed E-state index contributed by atoms with van der Waals surface area (Å²) in [6.07, 6.45) is -2.62. The molecular formula is C8H8ClF2NO. The first-order chi connectivity index (χ1) is 6.06. The molecular weight excluding hydrogens is 200 g/mol. The van der Waals surface area contributed by atoms with Gasteiger partial charge in [0.25, 0.3) is 6.43 Å². The predicted octanol–water partition coefficient (Wildman–Crippen LogP) is 2.77. The molecule has 0 aliphatic rings. The summed E-state index contributed by atoms with van der Waals surface area (Å²) in [7, 11) is 0. The molecule has 13 heavy (non-hydrogen) atoms. The molecule has 0 amide bonds. The highest BCUT2D eigenvalue weighted by atomic mass is 35.5. The number of hydrogen-bond acceptors (Lipinski definition) is 2. The molecule has 1 N–H and O–H groups in total. The fourth-order valence-electron chi connectivity index (χ4n) is 0.979. The van der Waals surface area contributed by atoms with Crippen molar-refractivity contribution in [3.63, 3.8) is 0 Å². The average molecular weight is 208 g/mol. The molecule has 0 spiro atoms. The zero-order valence-corrected chi connectivity index (χ0v) is 7.65. The summed E-state index contributed by atoms with van der Waals surface area (Å²) >= 11 is 5.43. The summed E-state index contributed by atoms with van der Waals surface area (Å²) < 4.78 is 24.5. The fourth-order valence-corrected chi connectivity index (χ4v) is 1.18. The second-order valence-electron chi connectivity index (χ2n) is 2.56. The van der Waals surface area contributed by atoms with E-state index in [4.69, 9.17) is 11.6 Å². The van der Waals surface area contributed by atoms with Crippen LogP contribution in [0, 0.1) is 6.92 Å². The number of pyridine rings is 1. The van der Waals surface area contributed by atoms with Gasteiger partial charge in [-0.2, -0.15) is 0 Å². The van der Waals surface area contributed by atoms with Crippen molar-refractivity contribution in [1.29, 1.82) is 0 Å². The Morgan fingerprint density at radius 1 is 1.62 bits per heavy atom. The Balaban J connectivity index is 3.20. The molecule has 0 saturated carbocycles. The van der Waals surface area contributed by atoms with Gasteiger partial charge in [-0.3, -0.25) is 4.98 Å². The van der Waals surface area contributed by atoms with E-state index in [9.17, 15) is 13.9 Å². The Morgan fingerprint density at radius 3 is 2.69 bits per heavy atom. The minimum absolute atomic E-state index is 0.0101. The van der Waals surface area contributed by atoms with Crippen LogP contribution in [0.2, 0.25) is 0 Å². The van der Waals surface area contributed by atoms with Gasteiger partial charge in [-0.1, -0.05) is 0 Å². The fraction of sp³-hybridized carbons (Fsp3) is 0.375. The zero-order chi connectivity index (χ0) is 10.0. The average Bonchev–Trinajstić information content (AvgIpc) is 2.07. The SMILES string of the molecule is Cc1nc(CCl)c(O)cc1C(F)F. The van der Waals surface area contributed by atoms with E-state index < -0.39 is 6.43 Å². The summed E-state index contributed by atoms with van der Waals surface area (Å²) in [5, 5.41) is 9.18. The zero-order valence-electron chi connectivity index (χ0n) is 6.89. The maximum atomic E-state index is 12.3. The molecule has 0 bridgehead atoms. The van der Waals surface area contributed by atoms with Crippen LogP contribution < -0.4 is 0 Å². The van der Waals surface area contributed by atoms with E-state index in [0.29, 0.717) is 0 Å². The standard InChI is InChI=1S/C8H8ClF2NO/c1-4-5(8(10)11)2-7(13)6(3-9)12-4/h2,8,13H,3H2,1H3. The van der Waals surface area contributed by atoms with E-state index >= 15 is 0 Å². The smallest absolute Gasteiger partial charge is 0.265 e. The van der Waals surface area contributed by atoms with Crippen LogP contribution >= 0.6 is 11.6 Å². The largest absolute Gasteiger partial charge is 0.506 e. The van der Waals surface area contributed by atoms with Crippen LogP contribution in [0.1, 0.15) is 23.4 Å². The first-order valence-electron chi connectivity index (χ1n) is 3.59. The monoisotopic (exact) mass is 207 g/mol. The molecule has 0 aliphatic carbocycles. The summed E-state index contributed by atoms with van der Waals surface area (Å²) in [6.45, 7) is 1.46. The molecule has 72 valence electrons. The molecule has 5 heteroatoms. The molecule has 0 fully saturated rings. The molecule has 0 aliphatic heterocycles. The Kier molecular flexibility index (Phi) is 3.03. The lowest BCUT2D eigenvalue weighted by Gasteiger charge is -2.07. The lowest BCUT2D eigenvalue weighted by atomic mass is 10.2. The van der Waals surface area contributed by atoms with E-state index in [1.54, 1.807) is 0 Å². The van der Waals surface area contributed by atoms with Crippen molar-refractivity contribution in [2.24, 2.45) is 0 Å². The minimum atomic E-state index is -2.62. The molecule has 2 nitrogen and oxygen atoms in total. The summed E-state index contributed by atoms with van der Waals surface area (Å²) in [5.74, 6) is -0.271. The highest BCUT2D eigenvalue weighted by Gasteiger charge is 2.14. The summed E-state index contributed by atoms with van der Waals surface area (Å²) in [4.78, 5) is 3.75. The van der Waals surface area contributed by atoms with Gasteiger partial charge in [0.15, 0.2) is 0 Å². The van der Waals surface area contributed by atoms with Gasteiger partial charge in [0.2, 0.25) is 0 Å². The number of hydrogen-bond donors (Lipinski definition) is 1. The number of aryl methyl sites for hydroxylation is 1. The van der Waals surface area contributed by atoms with E-state index in [2.05, 4.69) is 4.98 Å². The van der Waals surface area contributed by atoms with Crippen molar-refractivity contribution in [3.8, 4) is 5.75 Å². The third kappa shape index (κ3) is 2.06. The van der Waals surface area contributed by atoms with Gasteiger partial charge in [-0.25, -0.2) is 8.78 Å². The molecule has 0 radical (unpaired) electrons. The van der Waals surface area contributed by atoms with E-state index in [0.717, 1.165) is 6.07 Å². The topological polar surface area (TPSA) is 33.1 Å². The van der Waals surface area contributed by atoms with Crippen molar-refractivity contribution < 1.29 is 13.9 Å². The summed E-state index contributed by atoms with van der Waals surface area (Å²) in [5.41, 5.74) is 0.165. The molecule has 1 aromatic heterocycles. The Labute approximate surface area is 79.2 Å². The van der Waals surface area contributed by atoms with Crippen molar-refractivity contribution in [1.82, 2.24) is 4.98 Å². The Bertz CT molecular complexity index is 317. The Morgan fingerprint density at radius 2 is 2.23 bits per heavy atom. The molecule has 0 unspecified atom stereocenters. The van der Waals surface area contributed by atoms with Gasteiger partial charge in [-0.15, -0.1) is 11.6 Å². The van der Waals surface area contributed by atoms with Gasteiger partial charge < -0.3 is 5.11 Å². The molecule has 1 rings (SSSR count). The molecule has 0 aromatic carbocycles. The van der Waals surface area contributed by atoms with Crippen LogP contribution in [-0.2, 0) is 5.88 Å². The number of aromatic hydroxyl groups is 1. The van der Waals surface area contributed by atoms with Crippen molar-refractivity contribution in [2.45, 2.75) is 19.2 Å². The van der Waals surface area contributed by atoms with E-state index in [1.165, 1.54) is 6.92 Å². The van der Waals surface area contributed by atoms with Crippen LogP contribution in [-0.4, -0.2) is 10.1 Å². The van der Waals surface area contributed by atoms with Gasteiger partial charge in [0, 0.05) is 11.3 Å². The van der Waals surface area contributed by atoms with E-state index in [-0.39, 0.29) is 28.6 Å². The number of alkyl halides is 3. The number of rotatable bonds is 2. The van der Waals surface area contributed by atoms with Gasteiger partial charge >= 0.3 is 0 Å². The van der Waals surface area contributed by atoms with Crippen LogP contribution in [0.5, 0.6) is 5.75 Å². The Hall–Kier alpha value is -0.900. The van der Waals surface area contributed by atoms with Crippen molar-refractivity contribution >= 4 is 11.6 Å². The van der Waals surface area contributed by atoms with Gasteiger partial charge in [0.1, 0.15) is 5.75 Å². The van der Waals surface area contributed by atoms with Gasteiger partial charge in [-0.05, 0) is 13.0 Å². The lowest BCUT2D eigenvalue weighted by Crippen LogP contribution is -1.97. The maximum Gasteiger partial charge on any atom is 0.265 e. The van der Waals surface area contributed by atoms with Crippen LogP contribution in [0.4, 0.5) is 8.78 Å². The second kappa shape index (κ2) is 3.87. The number of halogens is 3. The maximum absolute atomic E-state index is 12.3. The van der Waals surface area contributed by atoms with Crippen LogP contribution in [0.15, 0.2) is 6.07 Å². The van der Waals surface area contributed by atoms with Crippen molar-refractivity contribution in [3.05, 3.63) is 23.0 Å². The number of aromatic nitrogens is 1. The molecule has 1 heterocycles. The third-order valence-corrected chi connectivity index (χ3v) is 1.92. The highest BCUT2D eigenvalue weighted by molar-refractivity contribution is 6.17. The van der Waals surface area contributed by atoms with Crippen molar-refractivity contribution in [2.75, 3.05) is 0 Å². The van der Waals surface area contributed by atoms with E-state index in [1.807, 2.05) is 0 Å². The first kappa shape index (κ1) is 10.2. The minimum Gasteiger partial charge on any atom is -0.506 e. The lowest BCUT2D eigenvalue weighted by molar-refractivity contribution is 0.149. The molecule has 0 atom stereocenters. The van der Waals surface area contributed by atoms with Crippen LogP contribution in [0.3, 0.4) is 0 Å². The molecule has 1 aromatic rings.